The molecule has 0 aliphatic heterocycles. The molecule has 128 valence electrons. The van der Waals surface area contributed by atoms with Crippen LogP contribution in [0.15, 0.2) is 33.7 Å². The number of benzene rings is 1. The first-order chi connectivity index (χ1) is 11.4. The van der Waals surface area contributed by atoms with Gasteiger partial charge in [-0.25, -0.2) is 9.98 Å². The molecule has 0 unspecified atom stereocenters. The molecule has 0 saturated heterocycles. The van der Waals surface area contributed by atoms with Crippen LogP contribution in [0.4, 0.5) is 5.69 Å². The minimum absolute atomic E-state index is 0.500. The van der Waals surface area contributed by atoms with Crippen molar-refractivity contribution in [2.75, 3.05) is 13.6 Å². The SMILES string of the molecule is CCN(C)C=Nc1cc(Br)c(OCc2cccc(C)c2C)nc1C. The second kappa shape index (κ2) is 8.29. The van der Waals surface area contributed by atoms with Gasteiger partial charge in [0.15, 0.2) is 0 Å². The van der Waals surface area contributed by atoms with Crippen molar-refractivity contribution in [2.24, 2.45) is 4.99 Å². The highest BCUT2D eigenvalue weighted by Crippen LogP contribution is 2.30. The standard InChI is InChI=1S/C19H24BrN3O/c1-6-23(5)12-21-18-10-17(20)19(22-15(18)4)24-11-16-9-7-8-13(2)14(16)3/h7-10,12H,6,11H2,1-5H3. The lowest BCUT2D eigenvalue weighted by atomic mass is 10.0. The summed E-state index contributed by atoms with van der Waals surface area (Å²) in [5.74, 6) is 0.594. The van der Waals surface area contributed by atoms with E-state index in [0.717, 1.165) is 22.4 Å². The van der Waals surface area contributed by atoms with Gasteiger partial charge in [-0.1, -0.05) is 18.2 Å². The second-order valence-corrected chi connectivity index (χ2v) is 6.70. The first-order valence-corrected chi connectivity index (χ1v) is 8.81. The maximum atomic E-state index is 5.92. The molecule has 1 heterocycles. The molecule has 1 aromatic heterocycles. The van der Waals surface area contributed by atoms with Gasteiger partial charge in [-0.05, 0) is 66.4 Å². The van der Waals surface area contributed by atoms with Crippen LogP contribution in [0.3, 0.4) is 0 Å². The maximum absolute atomic E-state index is 5.92. The third-order valence-electron chi connectivity index (χ3n) is 4.08. The van der Waals surface area contributed by atoms with E-state index >= 15 is 0 Å². The number of hydrogen-bond donors (Lipinski definition) is 0. The molecule has 0 aliphatic carbocycles. The van der Waals surface area contributed by atoms with Gasteiger partial charge in [0.1, 0.15) is 6.61 Å². The van der Waals surface area contributed by atoms with Crippen molar-refractivity contribution in [3.63, 3.8) is 0 Å². The average molecular weight is 390 g/mol. The zero-order chi connectivity index (χ0) is 17.7. The minimum atomic E-state index is 0.500. The van der Waals surface area contributed by atoms with E-state index in [9.17, 15) is 0 Å². The van der Waals surface area contributed by atoms with Crippen LogP contribution in [0.1, 0.15) is 29.3 Å². The van der Waals surface area contributed by atoms with Gasteiger partial charge in [-0.3, -0.25) is 0 Å². The van der Waals surface area contributed by atoms with Crippen LogP contribution in [-0.4, -0.2) is 29.8 Å². The summed E-state index contributed by atoms with van der Waals surface area (Å²) in [6.45, 7) is 9.65. The lowest BCUT2D eigenvalue weighted by molar-refractivity contribution is 0.290. The Morgan fingerprint density at radius 2 is 2.04 bits per heavy atom. The number of rotatable bonds is 6. The van der Waals surface area contributed by atoms with Crippen LogP contribution in [0.2, 0.25) is 0 Å². The summed E-state index contributed by atoms with van der Waals surface area (Å²) in [6.07, 6.45) is 1.81. The van der Waals surface area contributed by atoms with E-state index in [1.807, 2.05) is 31.3 Å². The lowest BCUT2D eigenvalue weighted by Crippen LogP contribution is -2.14. The van der Waals surface area contributed by atoms with Crippen molar-refractivity contribution in [1.29, 1.82) is 0 Å². The van der Waals surface area contributed by atoms with Crippen molar-refractivity contribution in [2.45, 2.75) is 34.3 Å². The molecule has 2 rings (SSSR count). The van der Waals surface area contributed by atoms with Gasteiger partial charge in [0, 0.05) is 13.6 Å². The number of aromatic nitrogens is 1. The van der Waals surface area contributed by atoms with Crippen molar-refractivity contribution in [1.82, 2.24) is 9.88 Å². The molecule has 4 nitrogen and oxygen atoms in total. The number of ether oxygens (including phenoxy) is 1. The Bertz CT molecular complexity index is 744. The maximum Gasteiger partial charge on any atom is 0.228 e. The highest BCUT2D eigenvalue weighted by atomic mass is 79.9. The highest BCUT2D eigenvalue weighted by molar-refractivity contribution is 9.10. The molecule has 0 saturated carbocycles. The van der Waals surface area contributed by atoms with E-state index in [0.29, 0.717) is 12.5 Å². The summed E-state index contributed by atoms with van der Waals surface area (Å²) in [5, 5.41) is 0. The Morgan fingerprint density at radius 3 is 2.75 bits per heavy atom. The Hall–Kier alpha value is -1.88. The van der Waals surface area contributed by atoms with Gasteiger partial charge < -0.3 is 9.64 Å². The molecule has 0 bridgehead atoms. The Balaban J connectivity index is 2.16. The molecule has 0 atom stereocenters. The van der Waals surface area contributed by atoms with Gasteiger partial charge >= 0.3 is 0 Å². The number of pyridine rings is 1. The number of aryl methyl sites for hydroxylation is 2. The van der Waals surface area contributed by atoms with Crippen LogP contribution >= 0.6 is 15.9 Å². The van der Waals surface area contributed by atoms with Crippen molar-refractivity contribution in [3.8, 4) is 5.88 Å². The molecule has 0 aliphatic rings. The molecule has 0 N–H and O–H groups in total. The third-order valence-corrected chi connectivity index (χ3v) is 4.65. The van der Waals surface area contributed by atoms with Gasteiger partial charge in [-0.2, -0.15) is 0 Å². The van der Waals surface area contributed by atoms with Gasteiger partial charge in [-0.15, -0.1) is 0 Å². The number of halogens is 1. The quantitative estimate of drug-likeness (QED) is 0.517. The summed E-state index contributed by atoms with van der Waals surface area (Å²) in [5.41, 5.74) is 5.38. The largest absolute Gasteiger partial charge is 0.472 e. The van der Waals surface area contributed by atoms with E-state index in [4.69, 9.17) is 4.74 Å². The molecule has 1 aromatic carbocycles. The molecule has 2 aromatic rings. The smallest absolute Gasteiger partial charge is 0.228 e. The van der Waals surface area contributed by atoms with Gasteiger partial charge in [0.2, 0.25) is 5.88 Å². The molecule has 24 heavy (non-hydrogen) atoms. The van der Waals surface area contributed by atoms with E-state index in [2.05, 4.69) is 64.9 Å². The second-order valence-electron chi connectivity index (χ2n) is 5.85. The zero-order valence-corrected chi connectivity index (χ0v) is 16.5. The fourth-order valence-corrected chi connectivity index (χ4v) is 2.56. The van der Waals surface area contributed by atoms with E-state index in [1.165, 1.54) is 16.7 Å². The molecular weight excluding hydrogens is 366 g/mol. The van der Waals surface area contributed by atoms with E-state index in [-0.39, 0.29) is 0 Å². The monoisotopic (exact) mass is 389 g/mol. The van der Waals surface area contributed by atoms with Crippen LogP contribution in [0, 0.1) is 20.8 Å². The minimum Gasteiger partial charge on any atom is -0.472 e. The summed E-state index contributed by atoms with van der Waals surface area (Å²) in [4.78, 5) is 11.0. The fraction of sp³-hybridized carbons (Fsp3) is 0.368. The summed E-state index contributed by atoms with van der Waals surface area (Å²) < 4.78 is 6.73. The topological polar surface area (TPSA) is 37.7 Å². The highest BCUT2D eigenvalue weighted by Gasteiger charge is 2.09. The van der Waals surface area contributed by atoms with Crippen LogP contribution in [0.25, 0.3) is 0 Å². The average Bonchev–Trinajstić information content (AvgIpc) is 2.57. The fourth-order valence-electron chi connectivity index (χ4n) is 2.14. The Morgan fingerprint density at radius 1 is 1.29 bits per heavy atom. The summed E-state index contributed by atoms with van der Waals surface area (Å²) in [6, 6.07) is 8.19. The van der Waals surface area contributed by atoms with Crippen molar-refractivity contribution < 1.29 is 4.74 Å². The third kappa shape index (κ3) is 4.57. The molecule has 0 spiro atoms. The summed E-state index contributed by atoms with van der Waals surface area (Å²) in [7, 11) is 1.99. The summed E-state index contributed by atoms with van der Waals surface area (Å²) >= 11 is 3.54. The van der Waals surface area contributed by atoms with Crippen LogP contribution in [0.5, 0.6) is 5.88 Å². The van der Waals surface area contributed by atoms with E-state index < -0.39 is 0 Å². The molecular formula is C19H24BrN3O. The first-order valence-electron chi connectivity index (χ1n) is 8.01. The van der Waals surface area contributed by atoms with Gasteiger partial charge in [0.05, 0.1) is 22.2 Å². The lowest BCUT2D eigenvalue weighted by Gasteiger charge is -2.13. The normalized spacial score (nSPS) is 11.1. The van der Waals surface area contributed by atoms with Crippen molar-refractivity contribution in [3.05, 3.63) is 51.1 Å². The number of aliphatic imine (C=N–C) groups is 1. The Labute approximate surface area is 152 Å². The molecule has 0 fully saturated rings. The van der Waals surface area contributed by atoms with Crippen LogP contribution in [-0.2, 0) is 6.61 Å². The van der Waals surface area contributed by atoms with E-state index in [1.54, 1.807) is 0 Å². The predicted molar refractivity (Wildman–Crippen MR) is 103 cm³/mol. The molecule has 5 heteroatoms. The predicted octanol–water partition coefficient (Wildman–Crippen LogP) is 4.96. The zero-order valence-electron chi connectivity index (χ0n) is 14.9. The molecule has 0 radical (unpaired) electrons. The first kappa shape index (κ1) is 18.5. The van der Waals surface area contributed by atoms with Crippen LogP contribution < -0.4 is 4.74 Å². The van der Waals surface area contributed by atoms with Crippen molar-refractivity contribution >= 4 is 28.0 Å². The number of nitrogens with zero attached hydrogens (tertiary/aromatic N) is 3. The Kier molecular flexibility index (Phi) is 6.37. The number of hydrogen-bond acceptors (Lipinski definition) is 3. The molecule has 0 amide bonds. The van der Waals surface area contributed by atoms with Gasteiger partial charge in [0.25, 0.3) is 0 Å².